The van der Waals surface area contributed by atoms with Gasteiger partial charge in [0.25, 0.3) is 0 Å². The molecule has 0 fully saturated rings. The molecule has 0 aliphatic rings. The molecule has 0 saturated heterocycles. The van der Waals surface area contributed by atoms with Crippen molar-refractivity contribution in [3.05, 3.63) is 112 Å². The molecular formula is C31H30N4O5S. The molecule has 0 unspecified atom stereocenters. The summed E-state index contributed by atoms with van der Waals surface area (Å²) in [6, 6.07) is 27.3. The van der Waals surface area contributed by atoms with Crippen molar-refractivity contribution < 1.29 is 19.1 Å². The lowest BCUT2D eigenvalue weighted by Crippen LogP contribution is -2.12. The summed E-state index contributed by atoms with van der Waals surface area (Å²) in [6.07, 6.45) is 0. The first-order chi connectivity index (χ1) is 20.0. The van der Waals surface area contributed by atoms with Gasteiger partial charge in [0.1, 0.15) is 23.4 Å². The minimum Gasteiger partial charge on any atom is -0.497 e. The van der Waals surface area contributed by atoms with Gasteiger partial charge >= 0.3 is 0 Å². The maximum absolute atomic E-state index is 11.7. The fraction of sp³-hybridized carbons (Fsp3) is 0.226. The Morgan fingerprint density at radius 3 is 2.49 bits per heavy atom. The number of nitro groups is 1. The van der Waals surface area contributed by atoms with Crippen LogP contribution in [-0.2, 0) is 6.61 Å². The molecule has 10 heteroatoms. The number of aryl methyl sites for hydroxylation is 1. The molecule has 0 aliphatic heterocycles. The number of methoxy groups -OCH3 is 1. The van der Waals surface area contributed by atoms with E-state index < -0.39 is 5.25 Å². The lowest BCUT2D eigenvalue weighted by atomic mass is 10.1. The van der Waals surface area contributed by atoms with Crippen LogP contribution in [0.15, 0.2) is 90.1 Å². The largest absolute Gasteiger partial charge is 0.497 e. The zero-order valence-electron chi connectivity index (χ0n) is 23.0. The quantitative estimate of drug-likeness (QED) is 0.0914. The fourth-order valence-electron chi connectivity index (χ4n) is 4.61. The van der Waals surface area contributed by atoms with Crippen molar-refractivity contribution >= 4 is 22.5 Å². The molecule has 0 amide bonds. The standard InChI is InChI=1S/C31H30N4O5S/c1-4-39-29-18-23(12-17-28(29)40-20-24-10-7-9-22-8-5-6-11-27(22)24)30(19-34(36)37)41-31-33-32-21(2)35(31)25-13-15-26(38-3)16-14-25/h5-18,30H,4,19-20H2,1-3H3/t30-/m1/s1. The van der Waals surface area contributed by atoms with Crippen LogP contribution >= 0.6 is 11.8 Å². The Balaban J connectivity index is 1.42. The monoisotopic (exact) mass is 570 g/mol. The Bertz CT molecular complexity index is 1650. The van der Waals surface area contributed by atoms with Crippen molar-refractivity contribution in [1.82, 2.24) is 14.8 Å². The second kappa shape index (κ2) is 12.7. The van der Waals surface area contributed by atoms with Crippen LogP contribution in [0.3, 0.4) is 0 Å². The number of benzene rings is 4. The predicted octanol–water partition coefficient (Wildman–Crippen LogP) is 6.83. The molecule has 210 valence electrons. The van der Waals surface area contributed by atoms with E-state index in [0.717, 1.165) is 33.3 Å². The zero-order valence-corrected chi connectivity index (χ0v) is 23.8. The normalized spacial score (nSPS) is 11.8. The van der Waals surface area contributed by atoms with Crippen molar-refractivity contribution in [3.63, 3.8) is 0 Å². The molecule has 1 heterocycles. The summed E-state index contributed by atoms with van der Waals surface area (Å²) in [5, 5.41) is 22.6. The molecule has 0 saturated carbocycles. The molecular weight excluding hydrogens is 540 g/mol. The average Bonchev–Trinajstić information content (AvgIpc) is 3.35. The number of nitrogens with zero attached hydrogens (tertiary/aromatic N) is 4. The van der Waals surface area contributed by atoms with Crippen LogP contribution in [0.1, 0.15) is 29.1 Å². The molecule has 1 aromatic heterocycles. The lowest BCUT2D eigenvalue weighted by Gasteiger charge is -2.18. The highest BCUT2D eigenvalue weighted by Gasteiger charge is 2.25. The van der Waals surface area contributed by atoms with Crippen LogP contribution < -0.4 is 14.2 Å². The van der Waals surface area contributed by atoms with Crippen molar-refractivity contribution in [2.45, 2.75) is 30.9 Å². The van der Waals surface area contributed by atoms with E-state index in [-0.39, 0.29) is 11.5 Å². The third kappa shape index (κ3) is 6.44. The second-order valence-corrected chi connectivity index (χ2v) is 10.4. The molecule has 0 aliphatic carbocycles. The summed E-state index contributed by atoms with van der Waals surface area (Å²) in [5.41, 5.74) is 2.63. The van der Waals surface area contributed by atoms with Gasteiger partial charge in [-0.2, -0.15) is 0 Å². The van der Waals surface area contributed by atoms with Crippen molar-refractivity contribution in [3.8, 4) is 22.9 Å². The van der Waals surface area contributed by atoms with E-state index in [1.165, 1.54) is 11.8 Å². The Labute approximate surface area is 242 Å². The van der Waals surface area contributed by atoms with Crippen LogP contribution in [0.25, 0.3) is 16.5 Å². The van der Waals surface area contributed by atoms with Gasteiger partial charge in [-0.3, -0.25) is 14.7 Å². The third-order valence-electron chi connectivity index (χ3n) is 6.59. The lowest BCUT2D eigenvalue weighted by molar-refractivity contribution is -0.479. The molecule has 0 N–H and O–H groups in total. The van der Waals surface area contributed by atoms with Gasteiger partial charge < -0.3 is 14.2 Å². The SMILES string of the molecule is CCOc1cc([C@@H](C[N+](=O)[O-])Sc2nnc(C)n2-c2ccc(OC)cc2)ccc1OCc1cccc2ccccc12. The first-order valence-corrected chi connectivity index (χ1v) is 14.1. The van der Waals surface area contributed by atoms with Crippen molar-refractivity contribution in [1.29, 1.82) is 0 Å². The molecule has 5 aromatic rings. The Hall–Kier alpha value is -4.57. The zero-order chi connectivity index (χ0) is 28.8. The molecule has 9 nitrogen and oxygen atoms in total. The summed E-state index contributed by atoms with van der Waals surface area (Å²) in [4.78, 5) is 11.4. The summed E-state index contributed by atoms with van der Waals surface area (Å²) in [7, 11) is 1.61. The van der Waals surface area contributed by atoms with Crippen LogP contribution in [0.4, 0.5) is 0 Å². The van der Waals surface area contributed by atoms with E-state index in [9.17, 15) is 10.1 Å². The minimum atomic E-state index is -0.545. The first kappa shape index (κ1) is 28.0. The van der Waals surface area contributed by atoms with Crippen LogP contribution in [-0.4, -0.2) is 39.9 Å². The number of ether oxygens (including phenoxy) is 3. The van der Waals surface area contributed by atoms with Crippen molar-refractivity contribution in [2.24, 2.45) is 0 Å². The van der Waals surface area contributed by atoms with Gasteiger partial charge in [-0.15, -0.1) is 10.2 Å². The van der Waals surface area contributed by atoms with Crippen LogP contribution in [0.2, 0.25) is 0 Å². The van der Waals surface area contributed by atoms with E-state index in [0.29, 0.717) is 35.7 Å². The number of hydrogen-bond donors (Lipinski definition) is 0. The van der Waals surface area contributed by atoms with E-state index in [1.807, 2.05) is 85.1 Å². The summed E-state index contributed by atoms with van der Waals surface area (Å²) >= 11 is 1.29. The highest BCUT2D eigenvalue weighted by molar-refractivity contribution is 7.99. The van der Waals surface area contributed by atoms with Gasteiger partial charge in [0.15, 0.2) is 16.7 Å². The molecule has 4 aromatic carbocycles. The van der Waals surface area contributed by atoms with Crippen LogP contribution in [0, 0.1) is 17.0 Å². The number of hydrogen-bond acceptors (Lipinski definition) is 8. The highest BCUT2D eigenvalue weighted by Crippen LogP contribution is 2.40. The van der Waals surface area contributed by atoms with Gasteiger partial charge in [-0.1, -0.05) is 60.3 Å². The van der Waals surface area contributed by atoms with Crippen LogP contribution in [0.5, 0.6) is 17.2 Å². The smallest absolute Gasteiger partial charge is 0.220 e. The number of fused-ring (bicyclic) bond motifs is 1. The van der Waals surface area contributed by atoms with E-state index in [2.05, 4.69) is 28.4 Å². The van der Waals surface area contributed by atoms with E-state index >= 15 is 0 Å². The first-order valence-electron chi connectivity index (χ1n) is 13.2. The minimum absolute atomic E-state index is 0.305. The highest BCUT2D eigenvalue weighted by atomic mass is 32.2. The maximum atomic E-state index is 11.7. The molecule has 0 bridgehead atoms. The van der Waals surface area contributed by atoms with Gasteiger partial charge in [0.05, 0.1) is 13.7 Å². The molecule has 0 spiro atoms. The van der Waals surface area contributed by atoms with E-state index in [4.69, 9.17) is 14.2 Å². The molecule has 1 atom stereocenters. The summed E-state index contributed by atoms with van der Waals surface area (Å²) in [6.45, 7) is 4.22. The van der Waals surface area contributed by atoms with E-state index in [1.54, 1.807) is 7.11 Å². The van der Waals surface area contributed by atoms with Gasteiger partial charge in [0, 0.05) is 10.6 Å². The number of thioether (sulfide) groups is 1. The Kier molecular flexibility index (Phi) is 8.69. The van der Waals surface area contributed by atoms with Gasteiger partial charge in [0.2, 0.25) is 6.54 Å². The van der Waals surface area contributed by atoms with Gasteiger partial charge in [-0.25, -0.2) is 0 Å². The third-order valence-corrected chi connectivity index (χ3v) is 7.77. The molecule has 41 heavy (non-hydrogen) atoms. The number of rotatable bonds is 12. The number of aromatic nitrogens is 3. The summed E-state index contributed by atoms with van der Waals surface area (Å²) < 4.78 is 19.3. The average molecular weight is 571 g/mol. The Morgan fingerprint density at radius 1 is 0.951 bits per heavy atom. The Morgan fingerprint density at radius 2 is 1.73 bits per heavy atom. The fourth-order valence-corrected chi connectivity index (χ4v) is 5.77. The summed E-state index contributed by atoms with van der Waals surface area (Å²) in [5.74, 6) is 2.51. The topological polar surface area (TPSA) is 102 Å². The van der Waals surface area contributed by atoms with Crippen molar-refractivity contribution in [2.75, 3.05) is 20.3 Å². The van der Waals surface area contributed by atoms with Gasteiger partial charge in [-0.05, 0) is 72.1 Å². The predicted molar refractivity (Wildman–Crippen MR) is 159 cm³/mol. The second-order valence-electron chi connectivity index (χ2n) is 9.25. The maximum Gasteiger partial charge on any atom is 0.220 e. The molecule has 5 rings (SSSR count). The molecule has 0 radical (unpaired) electrons.